The largest absolute Gasteiger partial charge is 0.375 e. The van der Waals surface area contributed by atoms with Crippen LogP contribution in [0.4, 0.5) is 0 Å². The molecule has 0 bridgehead atoms. The van der Waals surface area contributed by atoms with Gasteiger partial charge < -0.3 is 19.3 Å². The maximum absolute atomic E-state index is 6.28. The fraction of sp³-hybridized carbons (Fsp3) is 0.750. The first kappa shape index (κ1) is 46.4. The standard InChI is InChI=1S/C48H84N2O2/c1-5-9-13-17-21-25-35-49(33-23-19-15-11-7-3)37-39-51-43-45-29-27-31-47(41-45)48-32-28-30-46(42-48)44-52-40-38-50(34-24-20-16-12-8-4)36-26-22-18-14-10-6-2/h27-32,41-42H,5-26,33-40,43-44H2,1-4H3. The summed E-state index contributed by atoms with van der Waals surface area (Å²) in [5.41, 5.74) is 5.02. The topological polar surface area (TPSA) is 24.9 Å². The SMILES string of the molecule is CCCCCCCCN(CCCCCCC)CCOCc1cccc(-c2cccc(COCCN(CCCCCCC)CCCCCCCC)c2)c1. The fourth-order valence-corrected chi connectivity index (χ4v) is 7.23. The first-order valence-electron chi connectivity index (χ1n) is 22.5. The van der Waals surface area contributed by atoms with E-state index in [1.54, 1.807) is 0 Å². The lowest BCUT2D eigenvalue weighted by molar-refractivity contribution is 0.0911. The third-order valence-electron chi connectivity index (χ3n) is 10.6. The minimum atomic E-state index is 0.672. The average molecular weight is 721 g/mol. The summed E-state index contributed by atoms with van der Waals surface area (Å²) in [4.78, 5) is 5.33. The van der Waals surface area contributed by atoms with Crippen LogP contribution in [0.1, 0.15) is 180 Å². The maximum Gasteiger partial charge on any atom is 0.0717 e. The number of hydrogen-bond acceptors (Lipinski definition) is 4. The smallest absolute Gasteiger partial charge is 0.0717 e. The zero-order chi connectivity index (χ0) is 37.2. The van der Waals surface area contributed by atoms with Gasteiger partial charge >= 0.3 is 0 Å². The Morgan fingerprint density at radius 3 is 1.00 bits per heavy atom. The molecule has 0 saturated carbocycles. The highest BCUT2D eigenvalue weighted by atomic mass is 16.5. The lowest BCUT2D eigenvalue weighted by atomic mass is 10.0. The number of benzene rings is 2. The van der Waals surface area contributed by atoms with E-state index < -0.39 is 0 Å². The second kappa shape index (κ2) is 33.8. The van der Waals surface area contributed by atoms with Gasteiger partial charge in [-0.1, -0.05) is 180 Å². The molecule has 4 heteroatoms. The van der Waals surface area contributed by atoms with Gasteiger partial charge in [-0.25, -0.2) is 0 Å². The molecule has 0 aliphatic heterocycles. The predicted molar refractivity (Wildman–Crippen MR) is 228 cm³/mol. The molecule has 2 rings (SSSR count). The van der Waals surface area contributed by atoms with E-state index in [9.17, 15) is 0 Å². The molecule has 0 aromatic heterocycles. The normalized spacial score (nSPS) is 11.7. The van der Waals surface area contributed by atoms with Crippen molar-refractivity contribution in [2.24, 2.45) is 0 Å². The highest BCUT2D eigenvalue weighted by Gasteiger charge is 2.08. The first-order valence-corrected chi connectivity index (χ1v) is 22.5. The highest BCUT2D eigenvalue weighted by molar-refractivity contribution is 5.64. The van der Waals surface area contributed by atoms with Crippen molar-refractivity contribution in [3.05, 3.63) is 59.7 Å². The van der Waals surface area contributed by atoms with Crippen LogP contribution in [-0.2, 0) is 22.7 Å². The Kier molecular flexibility index (Phi) is 30.2. The molecule has 0 fully saturated rings. The zero-order valence-electron chi connectivity index (χ0n) is 35.0. The van der Waals surface area contributed by atoms with Crippen LogP contribution in [0, 0.1) is 0 Å². The van der Waals surface area contributed by atoms with Crippen LogP contribution in [0.15, 0.2) is 48.5 Å². The van der Waals surface area contributed by atoms with Crippen molar-refractivity contribution in [2.75, 3.05) is 52.5 Å². The molecule has 0 atom stereocenters. The molecule has 4 nitrogen and oxygen atoms in total. The summed E-state index contributed by atoms with van der Waals surface area (Å²) in [6, 6.07) is 17.8. The Balaban J connectivity index is 1.80. The van der Waals surface area contributed by atoms with Gasteiger partial charge in [-0.2, -0.15) is 0 Å². The molecular weight excluding hydrogens is 637 g/mol. The molecule has 2 aromatic rings. The molecule has 52 heavy (non-hydrogen) atoms. The van der Waals surface area contributed by atoms with Crippen LogP contribution < -0.4 is 0 Å². The third kappa shape index (κ3) is 24.6. The van der Waals surface area contributed by atoms with Gasteiger partial charge in [0.05, 0.1) is 26.4 Å². The van der Waals surface area contributed by atoms with Gasteiger partial charge in [0, 0.05) is 13.1 Å². The Morgan fingerprint density at radius 1 is 0.365 bits per heavy atom. The highest BCUT2D eigenvalue weighted by Crippen LogP contribution is 2.23. The van der Waals surface area contributed by atoms with E-state index in [1.165, 1.54) is 190 Å². The van der Waals surface area contributed by atoms with Crippen LogP contribution in [-0.4, -0.2) is 62.3 Å². The van der Waals surface area contributed by atoms with E-state index in [0.29, 0.717) is 13.2 Å². The molecule has 0 N–H and O–H groups in total. The Labute approximate surface area is 323 Å². The monoisotopic (exact) mass is 721 g/mol. The van der Waals surface area contributed by atoms with Crippen LogP contribution in [0.25, 0.3) is 11.1 Å². The van der Waals surface area contributed by atoms with Crippen molar-refractivity contribution in [3.63, 3.8) is 0 Å². The Hall–Kier alpha value is -1.72. The fourth-order valence-electron chi connectivity index (χ4n) is 7.23. The van der Waals surface area contributed by atoms with E-state index in [4.69, 9.17) is 9.47 Å². The molecule has 0 spiro atoms. The molecule has 0 aliphatic carbocycles. The van der Waals surface area contributed by atoms with Crippen molar-refractivity contribution >= 4 is 0 Å². The molecule has 0 amide bonds. The molecular formula is C48H84N2O2. The Morgan fingerprint density at radius 2 is 0.673 bits per heavy atom. The zero-order valence-corrected chi connectivity index (χ0v) is 35.0. The molecule has 2 aromatic carbocycles. The minimum Gasteiger partial charge on any atom is -0.375 e. The average Bonchev–Trinajstić information content (AvgIpc) is 3.17. The lowest BCUT2D eigenvalue weighted by Gasteiger charge is -2.22. The number of rotatable bonds is 37. The van der Waals surface area contributed by atoms with Gasteiger partial charge in [0.2, 0.25) is 0 Å². The molecule has 0 aliphatic rings. The van der Waals surface area contributed by atoms with Gasteiger partial charge in [0.1, 0.15) is 0 Å². The van der Waals surface area contributed by atoms with Crippen molar-refractivity contribution in [1.29, 1.82) is 0 Å². The molecule has 298 valence electrons. The van der Waals surface area contributed by atoms with E-state index in [1.807, 2.05) is 0 Å². The first-order chi connectivity index (χ1) is 25.7. The number of hydrogen-bond donors (Lipinski definition) is 0. The van der Waals surface area contributed by atoms with Crippen LogP contribution in [0.5, 0.6) is 0 Å². The maximum atomic E-state index is 6.28. The van der Waals surface area contributed by atoms with Crippen molar-refractivity contribution < 1.29 is 9.47 Å². The van der Waals surface area contributed by atoms with E-state index >= 15 is 0 Å². The second-order valence-corrected chi connectivity index (χ2v) is 15.6. The van der Waals surface area contributed by atoms with Crippen molar-refractivity contribution in [1.82, 2.24) is 9.80 Å². The van der Waals surface area contributed by atoms with Crippen LogP contribution in [0.3, 0.4) is 0 Å². The molecule has 0 unspecified atom stereocenters. The summed E-state index contributed by atoms with van der Waals surface area (Å²) in [6.07, 6.45) is 29.8. The summed E-state index contributed by atoms with van der Waals surface area (Å²) >= 11 is 0. The summed E-state index contributed by atoms with van der Waals surface area (Å²) in [7, 11) is 0. The number of nitrogens with zero attached hydrogens (tertiary/aromatic N) is 2. The van der Waals surface area contributed by atoms with Gasteiger partial charge in [-0.3, -0.25) is 0 Å². The summed E-state index contributed by atoms with van der Waals surface area (Å²) < 4.78 is 12.6. The van der Waals surface area contributed by atoms with Gasteiger partial charge in [-0.05, 0) is 86.2 Å². The number of ether oxygens (including phenoxy) is 2. The van der Waals surface area contributed by atoms with E-state index in [0.717, 1.165) is 26.3 Å². The second-order valence-electron chi connectivity index (χ2n) is 15.6. The Bertz CT molecular complexity index is 975. The van der Waals surface area contributed by atoms with Crippen molar-refractivity contribution in [2.45, 2.75) is 182 Å². The van der Waals surface area contributed by atoms with Gasteiger partial charge in [0.15, 0.2) is 0 Å². The van der Waals surface area contributed by atoms with Gasteiger partial charge in [-0.15, -0.1) is 0 Å². The third-order valence-corrected chi connectivity index (χ3v) is 10.6. The molecule has 0 heterocycles. The van der Waals surface area contributed by atoms with Crippen LogP contribution in [0.2, 0.25) is 0 Å². The quantitative estimate of drug-likeness (QED) is 0.0649. The van der Waals surface area contributed by atoms with Crippen LogP contribution >= 0.6 is 0 Å². The predicted octanol–water partition coefficient (Wildman–Crippen LogP) is 13.7. The van der Waals surface area contributed by atoms with Gasteiger partial charge in [0.25, 0.3) is 0 Å². The summed E-state index contributed by atoms with van der Waals surface area (Å²) in [5.74, 6) is 0. The van der Waals surface area contributed by atoms with Crippen molar-refractivity contribution in [3.8, 4) is 11.1 Å². The van der Waals surface area contributed by atoms with E-state index in [2.05, 4.69) is 86.0 Å². The minimum absolute atomic E-state index is 0.672. The molecule has 0 radical (unpaired) electrons. The summed E-state index contributed by atoms with van der Waals surface area (Å²) in [6.45, 7) is 19.1. The van der Waals surface area contributed by atoms with E-state index in [-0.39, 0.29) is 0 Å². The summed E-state index contributed by atoms with van der Waals surface area (Å²) in [5, 5.41) is 0. The lowest BCUT2D eigenvalue weighted by Crippen LogP contribution is -2.30. The molecule has 0 saturated heterocycles. The number of unbranched alkanes of at least 4 members (excludes halogenated alkanes) is 18.